The van der Waals surface area contributed by atoms with Crippen molar-refractivity contribution in [2.75, 3.05) is 51.8 Å². The third-order valence-corrected chi connectivity index (χ3v) is 9.61. The number of amides is 1. The van der Waals surface area contributed by atoms with E-state index in [1.165, 1.54) is 0 Å². The molecule has 48 heavy (non-hydrogen) atoms. The van der Waals surface area contributed by atoms with Crippen molar-refractivity contribution < 1.29 is 23.7 Å². The molecular weight excluding hydrogens is 610 g/mol. The predicted octanol–water partition coefficient (Wildman–Crippen LogP) is 5.95. The van der Waals surface area contributed by atoms with Crippen LogP contribution in [0.15, 0.2) is 24.4 Å². The van der Waals surface area contributed by atoms with Gasteiger partial charge in [0.2, 0.25) is 0 Å². The van der Waals surface area contributed by atoms with Gasteiger partial charge in [-0.15, -0.1) is 0 Å². The molecule has 2 atom stereocenters. The Morgan fingerprint density at radius 2 is 1.88 bits per heavy atom. The molecule has 4 aromatic rings. The van der Waals surface area contributed by atoms with Gasteiger partial charge in [-0.05, 0) is 91.6 Å². The summed E-state index contributed by atoms with van der Waals surface area (Å²) in [7, 11) is 3.83. The van der Waals surface area contributed by atoms with Crippen molar-refractivity contribution in [1.29, 1.82) is 0 Å². The summed E-state index contributed by atoms with van der Waals surface area (Å²) in [4.78, 5) is 29.5. The first-order chi connectivity index (χ1) is 23.0. The molecule has 12 heteroatoms. The Hall–Kier alpha value is -4.32. The highest BCUT2D eigenvalue weighted by Gasteiger charge is 2.35. The number of rotatable bonds is 8. The maximum Gasteiger partial charge on any atom is 0.410 e. The molecule has 12 nitrogen and oxygen atoms in total. The quantitative estimate of drug-likeness (QED) is 0.244. The number of benzene rings is 2. The number of nitrogens with zero attached hydrogens (tertiary/aromatic N) is 6. The Morgan fingerprint density at radius 3 is 2.56 bits per heavy atom. The van der Waals surface area contributed by atoms with Crippen molar-refractivity contribution in [2.45, 2.75) is 84.1 Å². The first-order valence-corrected chi connectivity index (χ1v) is 17.1. The van der Waals surface area contributed by atoms with Crippen molar-refractivity contribution in [3.05, 3.63) is 30.0 Å². The number of likely N-dealkylation sites (tertiary alicyclic amines) is 1. The van der Waals surface area contributed by atoms with Crippen LogP contribution in [0.4, 0.5) is 10.6 Å². The van der Waals surface area contributed by atoms with E-state index in [0.29, 0.717) is 55.3 Å². The molecule has 2 aromatic heterocycles. The summed E-state index contributed by atoms with van der Waals surface area (Å²) in [5.74, 6) is 2.06. The fourth-order valence-electron chi connectivity index (χ4n) is 6.91. The van der Waals surface area contributed by atoms with E-state index in [4.69, 9.17) is 28.9 Å². The fourth-order valence-corrected chi connectivity index (χ4v) is 6.91. The number of carbonyl (C=O) groups excluding carboxylic acids is 1. The molecule has 0 unspecified atom stereocenters. The number of methoxy groups -OCH3 is 1. The summed E-state index contributed by atoms with van der Waals surface area (Å²) < 4.78 is 25.1. The van der Waals surface area contributed by atoms with E-state index in [0.717, 1.165) is 71.0 Å². The van der Waals surface area contributed by atoms with E-state index in [9.17, 15) is 4.79 Å². The zero-order valence-electron chi connectivity index (χ0n) is 29.1. The molecule has 2 saturated heterocycles. The van der Waals surface area contributed by atoms with Gasteiger partial charge in [0.1, 0.15) is 29.3 Å². The predicted molar refractivity (Wildman–Crippen MR) is 185 cm³/mol. The number of aromatic amines is 1. The molecule has 2 aliphatic heterocycles. The van der Waals surface area contributed by atoms with Crippen LogP contribution in [-0.4, -0.2) is 107 Å². The molecule has 7 rings (SSSR count). The van der Waals surface area contributed by atoms with Crippen LogP contribution in [0.5, 0.6) is 17.5 Å². The summed E-state index contributed by atoms with van der Waals surface area (Å²) in [6.45, 7) is 13.0. The summed E-state index contributed by atoms with van der Waals surface area (Å²) in [5, 5.41) is 9.26. The molecule has 3 aliphatic rings. The van der Waals surface area contributed by atoms with Gasteiger partial charge in [0.15, 0.2) is 5.75 Å². The van der Waals surface area contributed by atoms with Crippen molar-refractivity contribution >= 4 is 33.7 Å². The van der Waals surface area contributed by atoms with E-state index in [1.54, 1.807) is 12.0 Å². The Morgan fingerprint density at radius 1 is 1.06 bits per heavy atom. The second kappa shape index (κ2) is 12.6. The highest BCUT2D eigenvalue weighted by molar-refractivity contribution is 6.06. The van der Waals surface area contributed by atoms with Gasteiger partial charge in [0, 0.05) is 42.7 Å². The number of piperazine rings is 1. The molecule has 256 valence electrons. The van der Waals surface area contributed by atoms with Crippen LogP contribution < -0.4 is 19.1 Å². The summed E-state index contributed by atoms with van der Waals surface area (Å²) in [5.41, 5.74) is 3.95. The Balaban J connectivity index is 1.38. The summed E-state index contributed by atoms with van der Waals surface area (Å²) in [6, 6.07) is 6.72. The minimum absolute atomic E-state index is 0.0569. The van der Waals surface area contributed by atoms with Crippen LogP contribution in [0.1, 0.15) is 58.9 Å². The van der Waals surface area contributed by atoms with Gasteiger partial charge in [-0.3, -0.25) is 5.10 Å². The maximum absolute atomic E-state index is 13.0. The highest BCUT2D eigenvalue weighted by atomic mass is 16.6. The van der Waals surface area contributed by atoms with Gasteiger partial charge in [0.05, 0.1) is 35.9 Å². The number of ether oxygens (including phenoxy) is 4. The monoisotopic (exact) mass is 657 g/mol. The topological polar surface area (TPSA) is 118 Å². The van der Waals surface area contributed by atoms with Gasteiger partial charge < -0.3 is 33.6 Å². The number of aromatic nitrogens is 4. The van der Waals surface area contributed by atoms with E-state index < -0.39 is 5.60 Å². The van der Waals surface area contributed by atoms with Crippen molar-refractivity contribution in [2.24, 2.45) is 0 Å². The number of aryl methyl sites for hydroxylation is 1. The summed E-state index contributed by atoms with van der Waals surface area (Å²) in [6.07, 6.45) is 5.82. The molecule has 1 amide bonds. The number of nitrogens with one attached hydrogen (secondary N) is 1. The molecule has 0 bridgehead atoms. The van der Waals surface area contributed by atoms with Crippen molar-refractivity contribution in [3.63, 3.8) is 0 Å². The average Bonchev–Trinajstić information content (AvgIpc) is 3.57. The largest absolute Gasteiger partial charge is 0.496 e. The number of anilines is 1. The van der Waals surface area contributed by atoms with Crippen LogP contribution >= 0.6 is 0 Å². The second-order valence-corrected chi connectivity index (χ2v) is 14.5. The Bertz CT molecular complexity index is 1830. The maximum atomic E-state index is 13.0. The fraction of sp³-hybridized carbons (Fsp3) is 0.556. The van der Waals surface area contributed by atoms with E-state index >= 15 is 0 Å². The first kappa shape index (κ1) is 32.2. The van der Waals surface area contributed by atoms with Crippen molar-refractivity contribution in [3.8, 4) is 28.6 Å². The lowest BCUT2D eigenvalue weighted by molar-refractivity contribution is 0.0218. The molecule has 1 saturated carbocycles. The lowest BCUT2D eigenvalue weighted by atomic mass is 9.94. The highest BCUT2D eigenvalue weighted by Crippen LogP contribution is 2.50. The molecule has 3 fully saturated rings. The minimum atomic E-state index is -0.564. The van der Waals surface area contributed by atoms with Crippen molar-refractivity contribution in [1.82, 2.24) is 30.0 Å². The zero-order valence-corrected chi connectivity index (χ0v) is 29.1. The van der Waals surface area contributed by atoms with E-state index in [2.05, 4.69) is 47.0 Å². The van der Waals surface area contributed by atoms with E-state index in [-0.39, 0.29) is 18.2 Å². The Kier molecular flexibility index (Phi) is 8.47. The molecule has 0 spiro atoms. The van der Waals surface area contributed by atoms with Crippen LogP contribution in [-0.2, 0) is 4.74 Å². The van der Waals surface area contributed by atoms with Crippen LogP contribution in [0, 0.1) is 6.92 Å². The number of likely N-dealkylation sites (N-methyl/N-ethyl adjacent to an activating group) is 1. The lowest BCUT2D eigenvalue weighted by Crippen LogP contribution is -2.54. The van der Waals surface area contributed by atoms with Gasteiger partial charge in [0.25, 0.3) is 0 Å². The zero-order chi connectivity index (χ0) is 33.7. The molecular formula is C36H47N7O5. The van der Waals surface area contributed by atoms with Crippen LogP contribution in [0.25, 0.3) is 32.9 Å². The van der Waals surface area contributed by atoms with Crippen LogP contribution in [0.3, 0.4) is 0 Å². The SMILES string of the molecule is COc1cc2c(N3CCN(C(=O)OC(C)(C)C)C[C@@H]3C)nc(OC[C@@H]3CCCN3C)nc2c(OC2CC2)c1-c1c(C)ccc2[nH]ncc12. The van der Waals surface area contributed by atoms with Gasteiger partial charge >= 0.3 is 12.1 Å². The molecule has 2 aromatic carbocycles. The number of carbonyl (C=O) groups is 1. The average molecular weight is 658 g/mol. The third kappa shape index (κ3) is 6.29. The Labute approximate surface area is 281 Å². The lowest BCUT2D eigenvalue weighted by Gasteiger charge is -2.41. The second-order valence-electron chi connectivity index (χ2n) is 14.5. The molecule has 1 aliphatic carbocycles. The summed E-state index contributed by atoms with van der Waals surface area (Å²) >= 11 is 0. The number of hydrogen-bond donors (Lipinski definition) is 1. The van der Waals surface area contributed by atoms with Crippen LogP contribution in [0.2, 0.25) is 0 Å². The normalized spacial score (nSPS) is 20.5. The smallest absolute Gasteiger partial charge is 0.410 e. The molecule has 0 radical (unpaired) electrons. The van der Waals surface area contributed by atoms with Gasteiger partial charge in [-0.1, -0.05) is 6.07 Å². The van der Waals surface area contributed by atoms with E-state index in [1.807, 2.05) is 39.1 Å². The molecule has 1 N–H and O–H groups in total. The third-order valence-electron chi connectivity index (χ3n) is 9.61. The standard InChI is InChI=1S/C36H47N7O5/c1-21-10-13-27-26(18-37-40-27)29(21)30-28(45-7)17-25-31(32(30)47-24-11-12-24)38-34(46-20-23-9-8-14-41(23)6)39-33(25)43-16-15-42(19-22(43)2)35(44)48-36(3,4)5/h10,13,17-18,22-24H,8-9,11-12,14-16,19-20H2,1-7H3,(H,37,40)/t22-,23-/m0/s1. The minimum Gasteiger partial charge on any atom is -0.496 e. The first-order valence-electron chi connectivity index (χ1n) is 17.1. The number of H-pyrrole nitrogens is 1. The van der Waals surface area contributed by atoms with Gasteiger partial charge in [-0.2, -0.15) is 15.1 Å². The number of hydrogen-bond acceptors (Lipinski definition) is 10. The molecule has 4 heterocycles. The van der Waals surface area contributed by atoms with Gasteiger partial charge in [-0.25, -0.2) is 4.79 Å². The number of fused-ring (bicyclic) bond motifs is 2.